The van der Waals surface area contributed by atoms with Crippen LogP contribution >= 0.6 is 0 Å². The Morgan fingerprint density at radius 2 is 1.82 bits per heavy atom. The number of carbonyl (C=O) groups is 1. The second-order valence-electron chi connectivity index (χ2n) is 5.24. The van der Waals surface area contributed by atoms with E-state index in [1.807, 2.05) is 18.2 Å². The molecule has 6 heteroatoms. The number of carboxylic acids is 1. The molecule has 0 aliphatic carbocycles. The van der Waals surface area contributed by atoms with Crippen molar-refractivity contribution in [2.24, 2.45) is 0 Å². The number of benzene rings is 1. The first-order chi connectivity index (χ1) is 10.6. The van der Waals surface area contributed by atoms with E-state index in [2.05, 4.69) is 14.8 Å². The van der Waals surface area contributed by atoms with Gasteiger partial charge < -0.3 is 20.6 Å². The largest absolute Gasteiger partial charge is 0.478 e. The fourth-order valence-corrected chi connectivity index (χ4v) is 2.72. The molecule has 114 valence electrons. The van der Waals surface area contributed by atoms with E-state index in [-0.39, 0.29) is 5.56 Å². The average molecular weight is 298 g/mol. The van der Waals surface area contributed by atoms with Crippen LogP contribution in [0.2, 0.25) is 0 Å². The molecule has 1 aliphatic heterocycles. The molecule has 0 saturated carbocycles. The number of pyridine rings is 1. The maximum absolute atomic E-state index is 11.4. The minimum Gasteiger partial charge on any atom is -0.478 e. The molecule has 0 radical (unpaired) electrons. The molecule has 1 saturated heterocycles. The highest BCUT2D eigenvalue weighted by atomic mass is 16.4. The van der Waals surface area contributed by atoms with Crippen molar-refractivity contribution < 1.29 is 9.90 Å². The van der Waals surface area contributed by atoms with Crippen LogP contribution in [0, 0.1) is 0 Å². The molecule has 6 nitrogen and oxygen atoms in total. The van der Waals surface area contributed by atoms with Crippen LogP contribution in [0.4, 0.5) is 17.2 Å². The minimum atomic E-state index is -0.950. The molecule has 0 spiro atoms. The molecule has 0 atom stereocenters. The third-order valence-electron chi connectivity index (χ3n) is 3.84. The Balaban J connectivity index is 1.76. The predicted octanol–water partition coefficient (Wildman–Crippen LogP) is 1.69. The van der Waals surface area contributed by atoms with Gasteiger partial charge in [0.05, 0.1) is 11.3 Å². The van der Waals surface area contributed by atoms with E-state index in [1.54, 1.807) is 18.3 Å². The zero-order chi connectivity index (χ0) is 15.5. The third kappa shape index (κ3) is 2.81. The summed E-state index contributed by atoms with van der Waals surface area (Å²) < 4.78 is 0. The second kappa shape index (κ2) is 5.93. The minimum absolute atomic E-state index is 0.256. The first-order valence-electron chi connectivity index (χ1n) is 7.19. The summed E-state index contributed by atoms with van der Waals surface area (Å²) in [5.74, 6) is 0.00682. The number of nitrogen functional groups attached to an aromatic ring is 1. The molecular weight excluding hydrogens is 280 g/mol. The number of piperazine rings is 1. The molecule has 2 heterocycles. The summed E-state index contributed by atoms with van der Waals surface area (Å²) in [6.07, 6.45) is 1.78. The van der Waals surface area contributed by atoms with Crippen molar-refractivity contribution in [1.29, 1.82) is 0 Å². The van der Waals surface area contributed by atoms with Gasteiger partial charge in [-0.2, -0.15) is 0 Å². The standard InChI is InChI=1S/C16H18N4O2/c17-12-4-5-14(13(11-12)16(21)22)19-7-9-20(10-8-19)15-3-1-2-6-18-15/h1-6,11H,7-10,17H2,(H,21,22). The van der Waals surface area contributed by atoms with Crippen molar-refractivity contribution in [3.8, 4) is 0 Å². The van der Waals surface area contributed by atoms with Crippen LogP contribution in [-0.4, -0.2) is 42.2 Å². The molecule has 2 aromatic rings. The molecule has 1 aromatic carbocycles. The number of anilines is 3. The van der Waals surface area contributed by atoms with Gasteiger partial charge in [0.15, 0.2) is 0 Å². The summed E-state index contributed by atoms with van der Waals surface area (Å²) in [4.78, 5) is 20.0. The Labute approximate surface area is 128 Å². The Bertz CT molecular complexity index is 667. The number of nitrogens with two attached hydrogens (primary N) is 1. The Morgan fingerprint density at radius 1 is 1.09 bits per heavy atom. The number of rotatable bonds is 3. The number of carboxylic acid groups (broad SMARTS) is 1. The van der Waals surface area contributed by atoms with Gasteiger partial charge in [-0.15, -0.1) is 0 Å². The van der Waals surface area contributed by atoms with Gasteiger partial charge in [-0.05, 0) is 30.3 Å². The third-order valence-corrected chi connectivity index (χ3v) is 3.84. The fraction of sp³-hybridized carbons (Fsp3) is 0.250. The summed E-state index contributed by atoms with van der Waals surface area (Å²) in [5.41, 5.74) is 7.14. The van der Waals surface area contributed by atoms with Gasteiger partial charge in [0.25, 0.3) is 0 Å². The zero-order valence-corrected chi connectivity index (χ0v) is 12.1. The lowest BCUT2D eigenvalue weighted by atomic mass is 10.1. The van der Waals surface area contributed by atoms with Gasteiger partial charge in [-0.25, -0.2) is 9.78 Å². The van der Waals surface area contributed by atoms with Gasteiger partial charge in [0, 0.05) is 38.1 Å². The van der Waals surface area contributed by atoms with Crippen molar-refractivity contribution in [3.05, 3.63) is 48.2 Å². The topological polar surface area (TPSA) is 82.7 Å². The summed E-state index contributed by atoms with van der Waals surface area (Å²) in [6, 6.07) is 10.9. The van der Waals surface area contributed by atoms with E-state index < -0.39 is 5.97 Å². The lowest BCUT2D eigenvalue weighted by Gasteiger charge is -2.37. The van der Waals surface area contributed by atoms with E-state index in [4.69, 9.17) is 5.73 Å². The van der Waals surface area contributed by atoms with Gasteiger partial charge in [0.1, 0.15) is 5.82 Å². The highest BCUT2D eigenvalue weighted by molar-refractivity contribution is 5.95. The summed E-state index contributed by atoms with van der Waals surface area (Å²) >= 11 is 0. The number of hydrogen-bond donors (Lipinski definition) is 2. The average Bonchev–Trinajstić information content (AvgIpc) is 2.56. The number of nitrogens with zero attached hydrogens (tertiary/aromatic N) is 3. The quantitative estimate of drug-likeness (QED) is 0.839. The summed E-state index contributed by atoms with van der Waals surface area (Å²) in [6.45, 7) is 3.11. The lowest BCUT2D eigenvalue weighted by molar-refractivity contribution is 0.0697. The highest BCUT2D eigenvalue weighted by Gasteiger charge is 2.22. The van der Waals surface area contributed by atoms with Gasteiger partial charge in [0.2, 0.25) is 0 Å². The molecule has 0 bridgehead atoms. The normalized spacial score (nSPS) is 14.9. The Hall–Kier alpha value is -2.76. The second-order valence-corrected chi connectivity index (χ2v) is 5.24. The summed E-state index contributed by atoms with van der Waals surface area (Å²) in [5, 5.41) is 9.35. The van der Waals surface area contributed by atoms with Crippen LogP contribution in [0.15, 0.2) is 42.6 Å². The SMILES string of the molecule is Nc1ccc(N2CCN(c3ccccn3)CC2)c(C(=O)O)c1. The van der Waals surface area contributed by atoms with Crippen molar-refractivity contribution in [1.82, 2.24) is 4.98 Å². The molecule has 1 aromatic heterocycles. The molecule has 1 fully saturated rings. The van der Waals surface area contributed by atoms with Crippen molar-refractivity contribution in [2.45, 2.75) is 0 Å². The smallest absolute Gasteiger partial charge is 0.337 e. The van der Waals surface area contributed by atoms with Crippen molar-refractivity contribution in [2.75, 3.05) is 41.7 Å². The van der Waals surface area contributed by atoms with Crippen LogP contribution in [0.1, 0.15) is 10.4 Å². The first kappa shape index (κ1) is 14.2. The predicted molar refractivity (Wildman–Crippen MR) is 86.5 cm³/mol. The summed E-state index contributed by atoms with van der Waals surface area (Å²) in [7, 11) is 0. The molecule has 0 unspecified atom stereocenters. The van der Waals surface area contributed by atoms with Crippen LogP contribution in [0.3, 0.4) is 0 Å². The molecule has 3 N–H and O–H groups in total. The molecular formula is C16H18N4O2. The van der Waals surface area contributed by atoms with E-state index >= 15 is 0 Å². The Kier molecular flexibility index (Phi) is 3.82. The maximum atomic E-state index is 11.4. The molecule has 0 amide bonds. The van der Waals surface area contributed by atoms with Crippen molar-refractivity contribution in [3.63, 3.8) is 0 Å². The lowest BCUT2D eigenvalue weighted by Crippen LogP contribution is -2.47. The van der Waals surface area contributed by atoms with Crippen LogP contribution < -0.4 is 15.5 Å². The number of hydrogen-bond acceptors (Lipinski definition) is 5. The molecule has 1 aliphatic rings. The van der Waals surface area contributed by atoms with E-state index in [0.717, 1.165) is 37.7 Å². The number of aromatic carboxylic acids is 1. The molecule has 3 rings (SSSR count). The van der Waals surface area contributed by atoms with Crippen LogP contribution in [0.25, 0.3) is 0 Å². The zero-order valence-electron chi connectivity index (χ0n) is 12.1. The van der Waals surface area contributed by atoms with E-state index in [9.17, 15) is 9.90 Å². The van der Waals surface area contributed by atoms with E-state index in [1.165, 1.54) is 6.07 Å². The monoisotopic (exact) mass is 298 g/mol. The Morgan fingerprint density at radius 3 is 2.45 bits per heavy atom. The van der Waals surface area contributed by atoms with E-state index in [0.29, 0.717) is 5.69 Å². The highest BCUT2D eigenvalue weighted by Crippen LogP contribution is 2.25. The van der Waals surface area contributed by atoms with Crippen LogP contribution in [0.5, 0.6) is 0 Å². The number of aromatic nitrogens is 1. The first-order valence-corrected chi connectivity index (χ1v) is 7.19. The van der Waals surface area contributed by atoms with Crippen LogP contribution in [-0.2, 0) is 0 Å². The van der Waals surface area contributed by atoms with Gasteiger partial charge in [-0.1, -0.05) is 6.07 Å². The van der Waals surface area contributed by atoms with Gasteiger partial charge >= 0.3 is 5.97 Å². The maximum Gasteiger partial charge on any atom is 0.337 e. The fourth-order valence-electron chi connectivity index (χ4n) is 2.72. The van der Waals surface area contributed by atoms with Crippen molar-refractivity contribution >= 4 is 23.2 Å². The molecule has 22 heavy (non-hydrogen) atoms. The van der Waals surface area contributed by atoms with Gasteiger partial charge in [-0.3, -0.25) is 0 Å².